The van der Waals surface area contributed by atoms with Gasteiger partial charge in [0.05, 0.1) is 0 Å². The van der Waals surface area contributed by atoms with E-state index in [0.717, 1.165) is 17.8 Å². The molecule has 2 aromatic rings. The Balaban J connectivity index is 2.19. The molecule has 0 aliphatic carbocycles. The van der Waals surface area contributed by atoms with E-state index in [-0.39, 0.29) is 0 Å². The van der Waals surface area contributed by atoms with Gasteiger partial charge in [0.25, 0.3) is 0 Å². The van der Waals surface area contributed by atoms with E-state index in [9.17, 15) is 0 Å². The number of benzene rings is 2. The zero-order valence-electron chi connectivity index (χ0n) is 13.7. The van der Waals surface area contributed by atoms with Crippen LogP contribution in [0.5, 0.6) is 0 Å². The van der Waals surface area contributed by atoms with Crippen molar-refractivity contribution in [2.45, 2.75) is 40.0 Å². The maximum atomic E-state index is 5.51. The van der Waals surface area contributed by atoms with Crippen LogP contribution in [0.1, 0.15) is 43.4 Å². The molecule has 0 aliphatic rings. The average Bonchev–Trinajstić information content (AvgIpc) is 2.49. The van der Waals surface area contributed by atoms with Crippen molar-refractivity contribution in [2.75, 3.05) is 10.6 Å². The Morgan fingerprint density at radius 1 is 1.05 bits per heavy atom. The van der Waals surface area contributed by atoms with Gasteiger partial charge in [0.1, 0.15) is 0 Å². The van der Waals surface area contributed by atoms with Gasteiger partial charge < -0.3 is 10.6 Å². The molecule has 2 aromatic carbocycles. The maximum Gasteiger partial charge on any atom is 0.175 e. The lowest BCUT2D eigenvalue weighted by molar-refractivity contribution is 0.868. The molecule has 0 amide bonds. The molecule has 0 saturated heterocycles. The second kappa shape index (κ2) is 7.41. The second-order valence-electron chi connectivity index (χ2n) is 5.78. The van der Waals surface area contributed by atoms with Crippen molar-refractivity contribution in [1.29, 1.82) is 0 Å². The van der Waals surface area contributed by atoms with Gasteiger partial charge in [-0.05, 0) is 54.2 Å². The second-order valence-corrected chi connectivity index (χ2v) is 6.19. The predicted octanol–water partition coefficient (Wildman–Crippen LogP) is 5.49. The minimum atomic E-state index is 0.452. The fraction of sp³-hybridized carbons (Fsp3) is 0.316. The fourth-order valence-electron chi connectivity index (χ4n) is 2.56. The molecule has 0 radical (unpaired) electrons. The first kappa shape index (κ1) is 16.5. The van der Waals surface area contributed by atoms with Crippen LogP contribution in [0.25, 0.3) is 0 Å². The van der Waals surface area contributed by atoms with Crippen LogP contribution in [-0.2, 0) is 6.42 Å². The van der Waals surface area contributed by atoms with E-state index < -0.39 is 0 Å². The highest BCUT2D eigenvalue weighted by Crippen LogP contribution is 2.27. The Morgan fingerprint density at radius 3 is 2.45 bits per heavy atom. The summed E-state index contributed by atoms with van der Waals surface area (Å²) in [6, 6.07) is 14.6. The van der Waals surface area contributed by atoms with Gasteiger partial charge in [-0.3, -0.25) is 0 Å². The summed E-state index contributed by atoms with van der Waals surface area (Å²) in [6.07, 6.45) is 0.980. The van der Waals surface area contributed by atoms with Crippen LogP contribution < -0.4 is 10.6 Å². The van der Waals surface area contributed by atoms with Crippen LogP contribution in [0.4, 0.5) is 11.4 Å². The van der Waals surface area contributed by atoms with Crippen LogP contribution >= 0.6 is 12.2 Å². The topological polar surface area (TPSA) is 24.1 Å². The summed E-state index contributed by atoms with van der Waals surface area (Å²) < 4.78 is 0. The standard InChI is InChI=1S/C19H24N2S/c1-5-15-10-6-7-12-17(15)20-19(22)21-18-14(4)9-8-11-16(18)13(2)3/h6-13H,5H2,1-4H3,(H2,20,21,22). The molecule has 0 atom stereocenters. The minimum Gasteiger partial charge on any atom is -0.332 e. The highest BCUT2D eigenvalue weighted by atomic mass is 32.1. The molecule has 0 aromatic heterocycles. The molecule has 116 valence electrons. The normalized spacial score (nSPS) is 10.6. The third-order valence-corrected chi connectivity index (χ3v) is 4.02. The molecular formula is C19H24N2S. The highest BCUT2D eigenvalue weighted by molar-refractivity contribution is 7.80. The van der Waals surface area contributed by atoms with Crippen molar-refractivity contribution >= 4 is 28.7 Å². The molecule has 2 nitrogen and oxygen atoms in total. The smallest absolute Gasteiger partial charge is 0.175 e. The first-order chi connectivity index (χ1) is 10.5. The van der Waals surface area contributed by atoms with Gasteiger partial charge in [-0.15, -0.1) is 0 Å². The molecule has 0 spiro atoms. The number of thiocarbonyl (C=S) groups is 1. The Labute approximate surface area is 139 Å². The van der Waals surface area contributed by atoms with Gasteiger partial charge in [0.2, 0.25) is 0 Å². The first-order valence-electron chi connectivity index (χ1n) is 7.78. The minimum absolute atomic E-state index is 0.452. The van der Waals surface area contributed by atoms with E-state index >= 15 is 0 Å². The van der Waals surface area contributed by atoms with Crippen LogP contribution in [0.15, 0.2) is 42.5 Å². The Bertz CT molecular complexity index is 662. The molecule has 2 rings (SSSR count). The lowest BCUT2D eigenvalue weighted by Crippen LogP contribution is -2.21. The van der Waals surface area contributed by atoms with Crippen LogP contribution in [0.3, 0.4) is 0 Å². The number of hydrogen-bond donors (Lipinski definition) is 2. The quantitative estimate of drug-likeness (QED) is 0.730. The largest absolute Gasteiger partial charge is 0.332 e. The summed E-state index contributed by atoms with van der Waals surface area (Å²) in [5, 5.41) is 7.34. The molecule has 22 heavy (non-hydrogen) atoms. The van der Waals surface area contributed by atoms with Gasteiger partial charge >= 0.3 is 0 Å². The highest BCUT2D eigenvalue weighted by Gasteiger charge is 2.11. The van der Waals surface area contributed by atoms with E-state index in [1.165, 1.54) is 16.7 Å². The molecule has 3 heteroatoms. The monoisotopic (exact) mass is 312 g/mol. The van der Waals surface area contributed by atoms with Gasteiger partial charge in [0.15, 0.2) is 5.11 Å². The zero-order valence-corrected chi connectivity index (χ0v) is 14.6. The fourth-order valence-corrected chi connectivity index (χ4v) is 2.77. The van der Waals surface area contributed by atoms with Crippen molar-refractivity contribution < 1.29 is 0 Å². The van der Waals surface area contributed by atoms with Gasteiger partial charge in [-0.25, -0.2) is 0 Å². The zero-order chi connectivity index (χ0) is 16.1. The molecule has 0 saturated carbocycles. The van der Waals surface area contributed by atoms with Gasteiger partial charge in [0, 0.05) is 11.4 Å². The number of rotatable bonds is 4. The van der Waals surface area contributed by atoms with E-state index in [2.05, 4.69) is 74.7 Å². The third-order valence-electron chi connectivity index (χ3n) is 3.81. The van der Waals surface area contributed by atoms with Crippen LogP contribution in [0.2, 0.25) is 0 Å². The lowest BCUT2D eigenvalue weighted by atomic mass is 9.98. The first-order valence-corrected chi connectivity index (χ1v) is 8.19. The van der Waals surface area contributed by atoms with Crippen molar-refractivity contribution in [3.8, 4) is 0 Å². The molecule has 0 aliphatic heterocycles. The average molecular weight is 312 g/mol. The SMILES string of the molecule is CCc1ccccc1NC(=S)Nc1c(C)cccc1C(C)C. The summed E-state index contributed by atoms with van der Waals surface area (Å²) in [5.74, 6) is 0.452. The third kappa shape index (κ3) is 3.86. The summed E-state index contributed by atoms with van der Waals surface area (Å²) in [7, 11) is 0. The number of anilines is 2. The van der Waals surface area contributed by atoms with E-state index in [1.807, 2.05) is 6.07 Å². The maximum absolute atomic E-state index is 5.51. The Hall–Kier alpha value is -1.87. The number of aryl methyl sites for hydroxylation is 2. The van der Waals surface area contributed by atoms with E-state index in [1.54, 1.807) is 0 Å². The van der Waals surface area contributed by atoms with E-state index in [0.29, 0.717) is 11.0 Å². The molecule has 0 unspecified atom stereocenters. The number of hydrogen-bond acceptors (Lipinski definition) is 1. The van der Waals surface area contributed by atoms with E-state index in [4.69, 9.17) is 12.2 Å². The van der Waals surface area contributed by atoms with Gasteiger partial charge in [-0.2, -0.15) is 0 Å². The number of para-hydroxylation sites is 2. The van der Waals surface area contributed by atoms with Crippen molar-refractivity contribution in [3.05, 3.63) is 59.2 Å². The molecule has 0 fully saturated rings. The molecule has 2 N–H and O–H groups in total. The summed E-state index contributed by atoms with van der Waals surface area (Å²) >= 11 is 5.51. The Kier molecular flexibility index (Phi) is 5.56. The summed E-state index contributed by atoms with van der Waals surface area (Å²) in [5.41, 5.74) is 5.94. The van der Waals surface area contributed by atoms with Crippen LogP contribution in [0, 0.1) is 6.92 Å². The van der Waals surface area contributed by atoms with Crippen molar-refractivity contribution in [1.82, 2.24) is 0 Å². The van der Waals surface area contributed by atoms with Crippen molar-refractivity contribution in [3.63, 3.8) is 0 Å². The Morgan fingerprint density at radius 2 is 1.77 bits per heavy atom. The molecule has 0 heterocycles. The van der Waals surface area contributed by atoms with Gasteiger partial charge in [-0.1, -0.05) is 57.2 Å². The van der Waals surface area contributed by atoms with Crippen molar-refractivity contribution in [2.24, 2.45) is 0 Å². The summed E-state index contributed by atoms with van der Waals surface area (Å²) in [6.45, 7) is 8.65. The molecule has 0 bridgehead atoms. The summed E-state index contributed by atoms with van der Waals surface area (Å²) in [4.78, 5) is 0. The van der Waals surface area contributed by atoms with Crippen LogP contribution in [-0.4, -0.2) is 5.11 Å². The predicted molar refractivity (Wildman–Crippen MR) is 101 cm³/mol. The lowest BCUT2D eigenvalue weighted by Gasteiger charge is -2.19. The molecular weight excluding hydrogens is 288 g/mol. The number of nitrogens with one attached hydrogen (secondary N) is 2.